The van der Waals surface area contributed by atoms with Crippen molar-refractivity contribution in [2.75, 3.05) is 17.7 Å². The van der Waals surface area contributed by atoms with E-state index in [1.54, 1.807) is 6.07 Å². The minimum absolute atomic E-state index is 0.295. The summed E-state index contributed by atoms with van der Waals surface area (Å²) in [5, 5.41) is 5.63. The number of methoxy groups -OCH3 is 1. The summed E-state index contributed by atoms with van der Waals surface area (Å²) in [5.41, 5.74) is 2.30. The quantitative estimate of drug-likeness (QED) is 0.728. The molecule has 0 atom stereocenters. The molecule has 0 aromatic heterocycles. The molecule has 0 saturated carbocycles. The first-order valence-electron chi connectivity index (χ1n) is 6.62. The zero-order valence-corrected chi connectivity index (χ0v) is 14.8. The molecule has 2 aromatic carbocycles. The summed E-state index contributed by atoms with van der Waals surface area (Å²) >= 11 is 9.43. The molecule has 0 fully saturated rings. The first kappa shape index (κ1) is 17.3. The zero-order chi connectivity index (χ0) is 17.0. The van der Waals surface area contributed by atoms with Crippen LogP contribution >= 0.6 is 27.5 Å². The van der Waals surface area contributed by atoms with E-state index >= 15 is 0 Å². The van der Waals surface area contributed by atoms with Crippen LogP contribution in [-0.2, 0) is 4.74 Å². The van der Waals surface area contributed by atoms with E-state index in [1.807, 2.05) is 19.1 Å². The van der Waals surface area contributed by atoms with Crippen molar-refractivity contribution in [3.8, 4) is 0 Å². The highest BCUT2D eigenvalue weighted by Gasteiger charge is 2.12. The molecule has 0 aliphatic rings. The van der Waals surface area contributed by atoms with E-state index in [4.69, 9.17) is 11.6 Å². The van der Waals surface area contributed by atoms with E-state index in [-0.39, 0.29) is 0 Å². The minimum atomic E-state index is -0.508. The maximum absolute atomic E-state index is 12.1. The number of hydrogen-bond acceptors (Lipinski definition) is 3. The average molecular weight is 398 g/mol. The molecule has 0 unspecified atom stereocenters. The predicted octanol–water partition coefficient (Wildman–Crippen LogP) is 4.84. The number of urea groups is 1. The molecule has 0 bridgehead atoms. The van der Waals surface area contributed by atoms with Crippen LogP contribution in [0.5, 0.6) is 0 Å². The molecule has 2 aromatic rings. The second kappa shape index (κ2) is 7.48. The number of aryl methyl sites for hydroxylation is 1. The predicted molar refractivity (Wildman–Crippen MR) is 94.3 cm³/mol. The van der Waals surface area contributed by atoms with Crippen LogP contribution in [0.3, 0.4) is 0 Å². The highest BCUT2D eigenvalue weighted by atomic mass is 79.9. The second-order valence-corrected chi connectivity index (χ2v) is 6.01. The molecule has 0 aliphatic heterocycles. The number of esters is 1. The number of hydrogen-bond donors (Lipinski definition) is 2. The Balaban J connectivity index is 2.15. The first-order chi connectivity index (χ1) is 10.9. The Bertz CT molecular complexity index is 765. The summed E-state index contributed by atoms with van der Waals surface area (Å²) < 4.78 is 5.41. The van der Waals surface area contributed by atoms with Crippen LogP contribution in [0.4, 0.5) is 16.2 Å². The maximum atomic E-state index is 12.1. The highest BCUT2D eigenvalue weighted by Crippen LogP contribution is 2.26. The van der Waals surface area contributed by atoms with Crippen LogP contribution in [0.25, 0.3) is 0 Å². The second-order valence-electron chi connectivity index (χ2n) is 4.75. The third-order valence-corrected chi connectivity index (χ3v) is 3.99. The molecule has 0 aliphatic carbocycles. The number of ether oxygens (including phenoxy) is 1. The van der Waals surface area contributed by atoms with Gasteiger partial charge in [0.15, 0.2) is 0 Å². The molecular formula is C16H14BrClN2O3. The van der Waals surface area contributed by atoms with Gasteiger partial charge in [0.25, 0.3) is 0 Å². The number of anilines is 2. The monoisotopic (exact) mass is 396 g/mol. The van der Waals surface area contributed by atoms with Gasteiger partial charge in [-0.2, -0.15) is 0 Å². The molecule has 23 heavy (non-hydrogen) atoms. The number of halogens is 2. The Morgan fingerprint density at radius 2 is 1.78 bits per heavy atom. The van der Waals surface area contributed by atoms with Crippen molar-refractivity contribution in [2.24, 2.45) is 0 Å². The molecule has 0 heterocycles. The van der Waals surface area contributed by atoms with Crippen molar-refractivity contribution in [3.63, 3.8) is 0 Å². The van der Waals surface area contributed by atoms with Crippen molar-refractivity contribution in [1.29, 1.82) is 0 Å². The van der Waals surface area contributed by atoms with Crippen molar-refractivity contribution in [2.45, 2.75) is 6.92 Å². The van der Waals surface area contributed by atoms with Crippen LogP contribution in [-0.4, -0.2) is 19.1 Å². The lowest BCUT2D eigenvalue weighted by molar-refractivity contribution is 0.0600. The van der Waals surface area contributed by atoms with Gasteiger partial charge in [0.1, 0.15) is 0 Å². The largest absolute Gasteiger partial charge is 0.465 e. The Labute approximate surface area is 147 Å². The van der Waals surface area contributed by atoms with Crippen molar-refractivity contribution in [1.82, 2.24) is 0 Å². The smallest absolute Gasteiger partial charge is 0.337 e. The van der Waals surface area contributed by atoms with Crippen molar-refractivity contribution >= 4 is 50.9 Å². The highest BCUT2D eigenvalue weighted by molar-refractivity contribution is 9.10. The van der Waals surface area contributed by atoms with Gasteiger partial charge >= 0.3 is 12.0 Å². The molecule has 0 radical (unpaired) electrons. The van der Waals surface area contributed by atoms with E-state index in [9.17, 15) is 9.59 Å². The lowest BCUT2D eigenvalue weighted by Crippen LogP contribution is -2.20. The van der Waals surface area contributed by atoms with Gasteiger partial charge in [-0.3, -0.25) is 0 Å². The van der Waals surface area contributed by atoms with E-state index in [0.29, 0.717) is 22.0 Å². The molecule has 2 N–H and O–H groups in total. The third kappa shape index (κ3) is 4.46. The number of carbonyl (C=O) groups is 2. The van der Waals surface area contributed by atoms with Gasteiger partial charge in [-0.05, 0) is 58.7 Å². The number of amides is 2. The summed E-state index contributed by atoms with van der Waals surface area (Å²) in [6.07, 6.45) is 0. The lowest BCUT2D eigenvalue weighted by atomic mass is 10.2. The van der Waals surface area contributed by atoms with Crippen LogP contribution < -0.4 is 10.6 Å². The molecule has 2 rings (SSSR count). The summed E-state index contributed by atoms with van der Waals surface area (Å²) in [4.78, 5) is 23.6. The van der Waals surface area contributed by atoms with Crippen LogP contribution in [0.15, 0.2) is 40.9 Å². The number of rotatable bonds is 3. The Hall–Kier alpha value is -2.05. The van der Waals surface area contributed by atoms with E-state index < -0.39 is 12.0 Å². The van der Waals surface area contributed by atoms with Gasteiger partial charge < -0.3 is 15.4 Å². The minimum Gasteiger partial charge on any atom is -0.465 e. The summed E-state index contributed by atoms with van der Waals surface area (Å²) in [6, 6.07) is 9.58. The topological polar surface area (TPSA) is 67.4 Å². The average Bonchev–Trinajstić information content (AvgIpc) is 2.51. The Kier molecular flexibility index (Phi) is 5.63. The summed E-state index contributed by atoms with van der Waals surface area (Å²) in [7, 11) is 1.28. The zero-order valence-electron chi connectivity index (χ0n) is 12.4. The lowest BCUT2D eigenvalue weighted by Gasteiger charge is -2.11. The molecule has 7 heteroatoms. The fraction of sp³-hybridized carbons (Fsp3) is 0.125. The van der Waals surface area contributed by atoms with Gasteiger partial charge in [-0.25, -0.2) is 9.59 Å². The SMILES string of the molecule is COC(=O)c1ccc(Cl)c(NC(=O)Nc2ccc(C)cc2Br)c1. The Morgan fingerprint density at radius 3 is 2.43 bits per heavy atom. The van der Waals surface area contributed by atoms with E-state index in [2.05, 4.69) is 31.3 Å². The number of benzene rings is 2. The van der Waals surface area contributed by atoms with Gasteiger partial charge in [-0.15, -0.1) is 0 Å². The van der Waals surface area contributed by atoms with Gasteiger partial charge in [-0.1, -0.05) is 17.7 Å². The van der Waals surface area contributed by atoms with Crippen molar-refractivity contribution < 1.29 is 14.3 Å². The fourth-order valence-corrected chi connectivity index (χ4v) is 2.62. The molecular weight excluding hydrogens is 384 g/mol. The Morgan fingerprint density at radius 1 is 1.09 bits per heavy atom. The maximum Gasteiger partial charge on any atom is 0.337 e. The molecule has 120 valence electrons. The van der Waals surface area contributed by atoms with Crippen LogP contribution in [0, 0.1) is 6.92 Å². The molecule has 5 nitrogen and oxygen atoms in total. The molecule has 0 saturated heterocycles. The fourth-order valence-electron chi connectivity index (χ4n) is 1.86. The van der Waals surface area contributed by atoms with Crippen LogP contribution in [0.2, 0.25) is 5.02 Å². The van der Waals surface area contributed by atoms with Crippen molar-refractivity contribution in [3.05, 3.63) is 57.0 Å². The van der Waals surface area contributed by atoms with E-state index in [0.717, 1.165) is 10.0 Å². The summed E-state index contributed by atoms with van der Waals surface area (Å²) in [6.45, 7) is 1.95. The van der Waals surface area contributed by atoms with Gasteiger partial charge in [0, 0.05) is 4.47 Å². The number of nitrogens with one attached hydrogen (secondary N) is 2. The standard InChI is InChI=1S/C16H14BrClN2O3/c1-9-3-6-13(11(17)7-9)19-16(22)20-14-8-10(15(21)23-2)4-5-12(14)18/h3-8H,1-2H3,(H2,19,20,22). The first-order valence-corrected chi connectivity index (χ1v) is 7.80. The van der Waals surface area contributed by atoms with E-state index in [1.165, 1.54) is 25.3 Å². The van der Waals surface area contributed by atoms with Gasteiger partial charge in [0.2, 0.25) is 0 Å². The normalized spacial score (nSPS) is 10.1. The third-order valence-electron chi connectivity index (χ3n) is 3.01. The van der Waals surface area contributed by atoms with Crippen LogP contribution in [0.1, 0.15) is 15.9 Å². The molecule has 2 amide bonds. The number of carbonyl (C=O) groups excluding carboxylic acids is 2. The van der Waals surface area contributed by atoms with Gasteiger partial charge in [0.05, 0.1) is 29.1 Å². The summed E-state index contributed by atoms with van der Waals surface area (Å²) in [5.74, 6) is -0.508. The molecule has 0 spiro atoms.